The van der Waals surface area contributed by atoms with Crippen LogP contribution in [0, 0.1) is 5.82 Å². The summed E-state index contributed by atoms with van der Waals surface area (Å²) < 4.78 is 13.0. The number of carboxylic acids is 1. The van der Waals surface area contributed by atoms with Crippen molar-refractivity contribution < 1.29 is 14.3 Å². The SMILES string of the molecule is O=C(O)C1(c2cccc(F)c2)NCCS1. The van der Waals surface area contributed by atoms with Gasteiger partial charge in [0.2, 0.25) is 0 Å². The number of aliphatic carboxylic acids is 1. The molecular weight excluding hydrogens is 217 g/mol. The quantitative estimate of drug-likeness (QED) is 0.801. The van der Waals surface area contributed by atoms with Gasteiger partial charge in [-0.1, -0.05) is 12.1 Å². The summed E-state index contributed by atoms with van der Waals surface area (Å²) in [5.74, 6) is -0.680. The lowest BCUT2D eigenvalue weighted by Gasteiger charge is -2.23. The molecule has 1 heterocycles. The second-order valence-electron chi connectivity index (χ2n) is 3.27. The Morgan fingerprint density at radius 2 is 2.40 bits per heavy atom. The molecule has 0 aliphatic carbocycles. The maximum Gasteiger partial charge on any atom is 0.339 e. The zero-order chi connectivity index (χ0) is 10.9. The van der Waals surface area contributed by atoms with Crippen LogP contribution in [0.4, 0.5) is 4.39 Å². The average molecular weight is 227 g/mol. The van der Waals surface area contributed by atoms with Crippen LogP contribution in [0.1, 0.15) is 5.56 Å². The van der Waals surface area contributed by atoms with E-state index in [2.05, 4.69) is 5.32 Å². The fourth-order valence-electron chi connectivity index (χ4n) is 1.64. The Bertz CT molecular complexity index is 391. The van der Waals surface area contributed by atoms with Gasteiger partial charge in [0, 0.05) is 12.3 Å². The zero-order valence-corrected chi connectivity index (χ0v) is 8.68. The molecular formula is C10H10FNO2S. The van der Waals surface area contributed by atoms with E-state index in [9.17, 15) is 14.3 Å². The first-order valence-corrected chi connectivity index (χ1v) is 5.52. The Morgan fingerprint density at radius 1 is 1.60 bits per heavy atom. The Kier molecular flexibility index (Phi) is 2.67. The molecule has 2 N–H and O–H groups in total. The van der Waals surface area contributed by atoms with Crippen LogP contribution in [0.5, 0.6) is 0 Å². The highest BCUT2D eigenvalue weighted by Crippen LogP contribution is 2.37. The van der Waals surface area contributed by atoms with E-state index in [0.717, 1.165) is 0 Å². The van der Waals surface area contributed by atoms with Crippen molar-refractivity contribution in [2.75, 3.05) is 12.3 Å². The number of rotatable bonds is 2. The molecule has 0 bridgehead atoms. The van der Waals surface area contributed by atoms with Crippen LogP contribution in [-0.4, -0.2) is 23.4 Å². The fourth-order valence-corrected chi connectivity index (χ4v) is 2.77. The summed E-state index contributed by atoms with van der Waals surface area (Å²) in [6, 6.07) is 5.72. The second-order valence-corrected chi connectivity index (χ2v) is 4.58. The van der Waals surface area contributed by atoms with Crippen molar-refractivity contribution in [2.45, 2.75) is 4.87 Å². The van der Waals surface area contributed by atoms with Crippen LogP contribution >= 0.6 is 11.8 Å². The summed E-state index contributed by atoms with van der Waals surface area (Å²) in [6.07, 6.45) is 0. The van der Waals surface area contributed by atoms with E-state index in [-0.39, 0.29) is 0 Å². The van der Waals surface area contributed by atoms with Crippen molar-refractivity contribution in [3.8, 4) is 0 Å². The minimum absolute atomic E-state index is 0.414. The van der Waals surface area contributed by atoms with E-state index in [4.69, 9.17) is 0 Å². The highest BCUT2D eigenvalue weighted by molar-refractivity contribution is 8.01. The number of carbonyl (C=O) groups is 1. The van der Waals surface area contributed by atoms with Gasteiger partial charge in [-0.2, -0.15) is 0 Å². The van der Waals surface area contributed by atoms with E-state index in [1.165, 1.54) is 30.0 Å². The molecule has 15 heavy (non-hydrogen) atoms. The molecule has 1 aromatic rings. The molecule has 0 radical (unpaired) electrons. The minimum atomic E-state index is -1.18. The van der Waals surface area contributed by atoms with Gasteiger partial charge in [-0.15, -0.1) is 11.8 Å². The Morgan fingerprint density at radius 3 is 2.93 bits per heavy atom. The monoisotopic (exact) mass is 227 g/mol. The summed E-state index contributed by atoms with van der Waals surface area (Å²) in [5.41, 5.74) is 0.456. The molecule has 1 aliphatic rings. The summed E-state index contributed by atoms with van der Waals surface area (Å²) in [7, 11) is 0. The molecule has 0 amide bonds. The Balaban J connectivity index is 2.45. The van der Waals surface area contributed by atoms with Crippen LogP contribution < -0.4 is 5.32 Å². The van der Waals surface area contributed by atoms with Crippen LogP contribution in [0.15, 0.2) is 24.3 Å². The molecule has 1 atom stereocenters. The van der Waals surface area contributed by atoms with E-state index in [1.807, 2.05) is 0 Å². The van der Waals surface area contributed by atoms with E-state index >= 15 is 0 Å². The smallest absolute Gasteiger partial charge is 0.339 e. The van der Waals surface area contributed by atoms with E-state index in [1.54, 1.807) is 6.07 Å². The number of benzene rings is 1. The van der Waals surface area contributed by atoms with Gasteiger partial charge in [0.15, 0.2) is 4.87 Å². The first-order chi connectivity index (χ1) is 7.15. The van der Waals surface area contributed by atoms with Gasteiger partial charge in [0.05, 0.1) is 0 Å². The summed E-state index contributed by atoms with van der Waals surface area (Å²) in [5, 5.41) is 12.1. The number of carboxylic acid groups (broad SMARTS) is 1. The molecule has 1 aliphatic heterocycles. The molecule has 2 rings (SSSR count). The van der Waals surface area contributed by atoms with Gasteiger partial charge in [-0.05, 0) is 17.7 Å². The van der Waals surface area contributed by atoms with Crippen LogP contribution in [0.3, 0.4) is 0 Å². The largest absolute Gasteiger partial charge is 0.479 e. The Hall–Kier alpha value is -1.07. The van der Waals surface area contributed by atoms with Gasteiger partial charge in [0.25, 0.3) is 0 Å². The molecule has 1 aromatic carbocycles. The molecule has 3 nitrogen and oxygen atoms in total. The molecule has 1 unspecified atom stereocenters. The number of nitrogens with one attached hydrogen (secondary N) is 1. The topological polar surface area (TPSA) is 49.3 Å². The average Bonchev–Trinajstić information content (AvgIpc) is 2.67. The third-order valence-electron chi connectivity index (χ3n) is 2.33. The highest BCUT2D eigenvalue weighted by atomic mass is 32.2. The van der Waals surface area contributed by atoms with Gasteiger partial charge in [0.1, 0.15) is 5.82 Å². The van der Waals surface area contributed by atoms with Gasteiger partial charge < -0.3 is 5.11 Å². The third kappa shape index (κ3) is 1.72. The van der Waals surface area contributed by atoms with E-state index < -0.39 is 16.7 Å². The molecule has 0 spiro atoms. The van der Waals surface area contributed by atoms with Crippen molar-refractivity contribution in [1.82, 2.24) is 5.32 Å². The predicted octanol–water partition coefficient (Wildman–Crippen LogP) is 1.40. The van der Waals surface area contributed by atoms with Crippen LogP contribution in [-0.2, 0) is 9.67 Å². The lowest BCUT2D eigenvalue weighted by molar-refractivity contribution is -0.140. The standard InChI is InChI=1S/C10H10FNO2S/c11-8-3-1-2-7(6-8)10(9(13)14)12-4-5-15-10/h1-3,6,12H,4-5H2,(H,13,14). The maximum absolute atomic E-state index is 13.0. The third-order valence-corrected chi connectivity index (χ3v) is 3.72. The number of hydrogen-bond donors (Lipinski definition) is 2. The van der Waals surface area contributed by atoms with Crippen molar-refractivity contribution in [3.63, 3.8) is 0 Å². The molecule has 5 heteroatoms. The molecule has 1 fully saturated rings. The normalized spacial score (nSPS) is 25.4. The number of thioether (sulfide) groups is 1. The van der Waals surface area contributed by atoms with Gasteiger partial charge >= 0.3 is 5.97 Å². The lowest BCUT2D eigenvalue weighted by Crippen LogP contribution is -2.42. The van der Waals surface area contributed by atoms with Crippen molar-refractivity contribution in [2.24, 2.45) is 0 Å². The zero-order valence-electron chi connectivity index (χ0n) is 7.87. The molecule has 1 saturated heterocycles. The minimum Gasteiger partial charge on any atom is -0.479 e. The number of halogens is 1. The highest BCUT2D eigenvalue weighted by Gasteiger charge is 2.44. The number of hydrogen-bond acceptors (Lipinski definition) is 3. The summed E-state index contributed by atoms with van der Waals surface area (Å²) in [6.45, 7) is 0.619. The predicted molar refractivity (Wildman–Crippen MR) is 56.2 cm³/mol. The first kappa shape index (κ1) is 10.4. The van der Waals surface area contributed by atoms with E-state index in [0.29, 0.717) is 17.9 Å². The Labute approximate surface area is 90.7 Å². The van der Waals surface area contributed by atoms with Crippen molar-refractivity contribution in [1.29, 1.82) is 0 Å². The van der Waals surface area contributed by atoms with Crippen LogP contribution in [0.25, 0.3) is 0 Å². The van der Waals surface area contributed by atoms with Crippen molar-refractivity contribution >= 4 is 17.7 Å². The van der Waals surface area contributed by atoms with Crippen LogP contribution in [0.2, 0.25) is 0 Å². The van der Waals surface area contributed by atoms with Gasteiger partial charge in [-0.25, -0.2) is 9.18 Å². The van der Waals surface area contributed by atoms with Gasteiger partial charge in [-0.3, -0.25) is 5.32 Å². The summed E-state index contributed by atoms with van der Waals surface area (Å²) >= 11 is 1.28. The second kappa shape index (κ2) is 3.83. The molecule has 80 valence electrons. The molecule has 0 aromatic heterocycles. The maximum atomic E-state index is 13.0. The lowest BCUT2D eigenvalue weighted by atomic mass is 10.1. The first-order valence-electron chi connectivity index (χ1n) is 4.53. The van der Waals surface area contributed by atoms with Crippen molar-refractivity contribution in [3.05, 3.63) is 35.6 Å². The summed E-state index contributed by atoms with van der Waals surface area (Å²) in [4.78, 5) is 10.1. The molecule has 0 saturated carbocycles. The fraction of sp³-hybridized carbons (Fsp3) is 0.300.